The van der Waals surface area contributed by atoms with E-state index in [-0.39, 0.29) is 5.97 Å². The average Bonchev–Trinajstić information content (AvgIpc) is 2.49. The SMILES string of the molecule is COC(=O)c1ccc(NC(=S)NN2CCN(C)CC2)cc1. The lowest BCUT2D eigenvalue weighted by atomic mass is 10.2. The molecule has 7 heteroatoms. The van der Waals surface area contributed by atoms with Crippen molar-refractivity contribution in [2.24, 2.45) is 0 Å². The summed E-state index contributed by atoms with van der Waals surface area (Å²) in [6.45, 7) is 3.89. The van der Waals surface area contributed by atoms with Gasteiger partial charge in [-0.15, -0.1) is 0 Å². The van der Waals surface area contributed by atoms with Crippen molar-refractivity contribution in [3.63, 3.8) is 0 Å². The van der Waals surface area contributed by atoms with Gasteiger partial charge in [0.05, 0.1) is 12.7 Å². The van der Waals surface area contributed by atoms with Crippen LogP contribution in [0.2, 0.25) is 0 Å². The Morgan fingerprint density at radius 2 is 1.81 bits per heavy atom. The number of hydrogen-bond acceptors (Lipinski definition) is 5. The number of methoxy groups -OCH3 is 1. The van der Waals surface area contributed by atoms with E-state index in [1.165, 1.54) is 7.11 Å². The summed E-state index contributed by atoms with van der Waals surface area (Å²) >= 11 is 5.28. The number of hydrogen-bond donors (Lipinski definition) is 2. The van der Waals surface area contributed by atoms with Crippen LogP contribution in [0.3, 0.4) is 0 Å². The lowest BCUT2D eigenvalue weighted by Crippen LogP contribution is -2.53. The minimum atomic E-state index is -0.348. The van der Waals surface area contributed by atoms with Gasteiger partial charge in [0.15, 0.2) is 5.11 Å². The molecule has 114 valence electrons. The standard InChI is InChI=1S/C14H20N4O2S/c1-17-7-9-18(10-8-17)16-14(21)15-12-5-3-11(4-6-12)13(19)20-2/h3-6H,7-10H2,1-2H3,(H2,15,16,21). The predicted molar refractivity (Wildman–Crippen MR) is 86.2 cm³/mol. The highest BCUT2D eigenvalue weighted by Gasteiger charge is 2.14. The van der Waals surface area contributed by atoms with Crippen LogP contribution in [0.25, 0.3) is 0 Å². The number of anilines is 1. The molecule has 2 rings (SSSR count). The van der Waals surface area contributed by atoms with Crippen molar-refractivity contribution < 1.29 is 9.53 Å². The first-order valence-corrected chi connectivity index (χ1v) is 7.19. The lowest BCUT2D eigenvalue weighted by molar-refractivity contribution is 0.0601. The fourth-order valence-electron chi connectivity index (χ4n) is 2.03. The second-order valence-electron chi connectivity index (χ2n) is 4.93. The summed E-state index contributed by atoms with van der Waals surface area (Å²) < 4.78 is 4.66. The smallest absolute Gasteiger partial charge is 0.337 e. The van der Waals surface area contributed by atoms with Gasteiger partial charge in [-0.05, 0) is 43.5 Å². The number of nitrogens with one attached hydrogen (secondary N) is 2. The van der Waals surface area contributed by atoms with Gasteiger partial charge in [0, 0.05) is 31.9 Å². The molecule has 0 bridgehead atoms. The molecule has 0 amide bonds. The number of piperazine rings is 1. The monoisotopic (exact) mass is 308 g/mol. The minimum absolute atomic E-state index is 0.348. The molecule has 0 aliphatic carbocycles. The van der Waals surface area contributed by atoms with E-state index in [0.717, 1.165) is 31.9 Å². The van der Waals surface area contributed by atoms with Gasteiger partial charge < -0.3 is 15.0 Å². The fourth-order valence-corrected chi connectivity index (χ4v) is 2.28. The number of nitrogens with zero attached hydrogens (tertiary/aromatic N) is 2. The highest BCUT2D eigenvalue weighted by molar-refractivity contribution is 7.80. The Morgan fingerprint density at radius 3 is 2.38 bits per heavy atom. The van der Waals surface area contributed by atoms with Crippen molar-refractivity contribution in [2.75, 3.05) is 45.7 Å². The van der Waals surface area contributed by atoms with Crippen LogP contribution < -0.4 is 10.7 Å². The van der Waals surface area contributed by atoms with E-state index in [9.17, 15) is 4.79 Å². The highest BCUT2D eigenvalue weighted by atomic mass is 32.1. The number of benzene rings is 1. The predicted octanol–water partition coefficient (Wildman–Crippen LogP) is 0.922. The number of esters is 1. The van der Waals surface area contributed by atoms with Crippen LogP contribution in [0, 0.1) is 0 Å². The Labute approximate surface area is 130 Å². The van der Waals surface area contributed by atoms with E-state index >= 15 is 0 Å². The van der Waals surface area contributed by atoms with E-state index < -0.39 is 0 Å². The minimum Gasteiger partial charge on any atom is -0.465 e. The fraction of sp³-hybridized carbons (Fsp3) is 0.429. The van der Waals surface area contributed by atoms with Crippen LogP contribution >= 0.6 is 12.2 Å². The zero-order valence-corrected chi connectivity index (χ0v) is 13.1. The maximum atomic E-state index is 11.3. The largest absolute Gasteiger partial charge is 0.465 e. The molecule has 1 aromatic rings. The van der Waals surface area contributed by atoms with Crippen molar-refractivity contribution >= 4 is 29.0 Å². The van der Waals surface area contributed by atoms with E-state index in [1.54, 1.807) is 24.3 Å². The third-order valence-electron chi connectivity index (χ3n) is 3.33. The molecular formula is C14H20N4O2S. The van der Waals surface area contributed by atoms with Crippen molar-refractivity contribution in [2.45, 2.75) is 0 Å². The molecule has 0 atom stereocenters. The second kappa shape index (κ2) is 7.35. The topological polar surface area (TPSA) is 56.8 Å². The maximum absolute atomic E-state index is 11.3. The van der Waals surface area contributed by atoms with Gasteiger partial charge in [0.25, 0.3) is 0 Å². The Bertz CT molecular complexity index is 498. The van der Waals surface area contributed by atoms with Gasteiger partial charge in [-0.3, -0.25) is 5.43 Å². The zero-order chi connectivity index (χ0) is 15.2. The molecule has 1 aromatic carbocycles. The maximum Gasteiger partial charge on any atom is 0.337 e. The number of likely N-dealkylation sites (N-methyl/N-ethyl adjacent to an activating group) is 1. The van der Waals surface area contributed by atoms with E-state index in [1.807, 2.05) is 0 Å². The molecule has 0 unspecified atom stereocenters. The van der Waals surface area contributed by atoms with E-state index in [4.69, 9.17) is 12.2 Å². The number of carbonyl (C=O) groups is 1. The Kier molecular flexibility index (Phi) is 5.49. The molecule has 0 radical (unpaired) electrons. The molecule has 0 aromatic heterocycles. The molecule has 0 spiro atoms. The van der Waals surface area contributed by atoms with Crippen LogP contribution in [-0.4, -0.2) is 61.3 Å². The van der Waals surface area contributed by atoms with Crippen LogP contribution in [0.5, 0.6) is 0 Å². The van der Waals surface area contributed by atoms with Crippen molar-refractivity contribution in [3.8, 4) is 0 Å². The quantitative estimate of drug-likeness (QED) is 0.636. The van der Waals surface area contributed by atoms with Gasteiger partial charge >= 0.3 is 5.97 Å². The van der Waals surface area contributed by atoms with Crippen LogP contribution in [0.4, 0.5) is 5.69 Å². The summed E-state index contributed by atoms with van der Waals surface area (Å²) in [5.41, 5.74) is 4.51. The molecule has 1 aliphatic heterocycles. The molecule has 6 nitrogen and oxygen atoms in total. The molecule has 0 saturated carbocycles. The highest BCUT2D eigenvalue weighted by Crippen LogP contribution is 2.10. The summed E-state index contributed by atoms with van der Waals surface area (Å²) in [5, 5.41) is 5.74. The van der Waals surface area contributed by atoms with Crippen LogP contribution in [-0.2, 0) is 4.74 Å². The third-order valence-corrected chi connectivity index (χ3v) is 3.52. The second-order valence-corrected chi connectivity index (χ2v) is 5.33. The van der Waals surface area contributed by atoms with Gasteiger partial charge in [0.2, 0.25) is 0 Å². The van der Waals surface area contributed by atoms with Crippen LogP contribution in [0.15, 0.2) is 24.3 Å². The van der Waals surface area contributed by atoms with E-state index in [0.29, 0.717) is 10.7 Å². The van der Waals surface area contributed by atoms with Crippen molar-refractivity contribution in [1.82, 2.24) is 15.3 Å². The molecule has 1 heterocycles. The zero-order valence-electron chi connectivity index (χ0n) is 12.3. The summed E-state index contributed by atoms with van der Waals surface area (Å²) in [4.78, 5) is 13.6. The normalized spacial score (nSPS) is 16.3. The third kappa shape index (κ3) is 4.66. The summed E-state index contributed by atoms with van der Waals surface area (Å²) in [5.74, 6) is -0.348. The number of rotatable bonds is 3. The first kappa shape index (κ1) is 15.7. The summed E-state index contributed by atoms with van der Waals surface area (Å²) in [6.07, 6.45) is 0. The van der Waals surface area contributed by atoms with Crippen molar-refractivity contribution in [3.05, 3.63) is 29.8 Å². The molecule has 21 heavy (non-hydrogen) atoms. The van der Waals surface area contributed by atoms with Gasteiger partial charge in [-0.1, -0.05) is 0 Å². The first-order chi connectivity index (χ1) is 10.1. The number of hydrazine groups is 1. The lowest BCUT2D eigenvalue weighted by Gasteiger charge is -2.33. The molecular weight excluding hydrogens is 288 g/mol. The van der Waals surface area contributed by atoms with Crippen molar-refractivity contribution in [1.29, 1.82) is 0 Å². The Morgan fingerprint density at radius 1 is 1.19 bits per heavy atom. The van der Waals surface area contributed by atoms with Gasteiger partial charge in [-0.2, -0.15) is 0 Å². The van der Waals surface area contributed by atoms with Crippen LogP contribution in [0.1, 0.15) is 10.4 Å². The number of carbonyl (C=O) groups excluding carboxylic acids is 1. The molecule has 2 N–H and O–H groups in total. The Balaban J connectivity index is 1.83. The molecule has 1 aliphatic rings. The summed E-state index contributed by atoms with van der Waals surface area (Å²) in [6, 6.07) is 6.99. The summed E-state index contributed by atoms with van der Waals surface area (Å²) in [7, 11) is 3.47. The van der Waals surface area contributed by atoms with E-state index in [2.05, 4.69) is 32.4 Å². The number of ether oxygens (including phenoxy) is 1. The molecule has 1 fully saturated rings. The average molecular weight is 308 g/mol. The Hall–Kier alpha value is -1.70. The molecule has 1 saturated heterocycles. The van der Waals surface area contributed by atoms with Gasteiger partial charge in [-0.25, -0.2) is 9.80 Å². The number of thiocarbonyl (C=S) groups is 1. The first-order valence-electron chi connectivity index (χ1n) is 6.78. The van der Waals surface area contributed by atoms with Gasteiger partial charge in [0.1, 0.15) is 0 Å².